The molecule has 1 saturated carbocycles. The number of benzene rings is 1. The first-order chi connectivity index (χ1) is 11.0. The Bertz CT molecular complexity index is 538. The zero-order valence-electron chi connectivity index (χ0n) is 13.9. The summed E-state index contributed by atoms with van der Waals surface area (Å²) in [5.74, 6) is -0.269. The van der Waals surface area contributed by atoms with Gasteiger partial charge in [0.25, 0.3) is 11.8 Å². The maximum Gasteiger partial charge on any atom is 0.251 e. The highest BCUT2D eigenvalue weighted by atomic mass is 16.3. The molecule has 0 saturated heterocycles. The third-order valence-corrected chi connectivity index (χ3v) is 4.78. The first-order valence-corrected chi connectivity index (χ1v) is 8.33. The number of aliphatic hydroxyl groups excluding tert-OH is 1. The highest BCUT2D eigenvalue weighted by Gasteiger charge is 2.26. The lowest BCUT2D eigenvalue weighted by Crippen LogP contribution is -2.39. The van der Waals surface area contributed by atoms with Gasteiger partial charge in [0, 0.05) is 29.1 Å². The number of nitrogens with one attached hydrogen (secondary N) is 2. The molecule has 0 bridgehead atoms. The van der Waals surface area contributed by atoms with Gasteiger partial charge in [-0.3, -0.25) is 9.59 Å². The van der Waals surface area contributed by atoms with Crippen molar-refractivity contribution in [3.63, 3.8) is 0 Å². The maximum atomic E-state index is 12.2. The second-order valence-corrected chi connectivity index (χ2v) is 6.37. The molecular weight excluding hydrogens is 292 g/mol. The van der Waals surface area contributed by atoms with Crippen molar-refractivity contribution in [1.82, 2.24) is 10.6 Å². The molecule has 126 valence electrons. The zero-order valence-corrected chi connectivity index (χ0v) is 13.9. The van der Waals surface area contributed by atoms with Gasteiger partial charge in [-0.1, -0.05) is 13.8 Å². The van der Waals surface area contributed by atoms with Gasteiger partial charge in [-0.25, -0.2) is 0 Å². The minimum atomic E-state index is -0.264. The topological polar surface area (TPSA) is 78.4 Å². The Balaban J connectivity index is 1.93. The van der Waals surface area contributed by atoms with Crippen LogP contribution >= 0.6 is 0 Å². The molecule has 2 amide bonds. The fraction of sp³-hybridized carbons (Fsp3) is 0.556. The van der Waals surface area contributed by atoms with E-state index < -0.39 is 0 Å². The van der Waals surface area contributed by atoms with Gasteiger partial charge in [-0.2, -0.15) is 0 Å². The van der Waals surface area contributed by atoms with E-state index >= 15 is 0 Å². The number of hydrogen-bond donors (Lipinski definition) is 3. The Hall–Kier alpha value is -1.88. The van der Waals surface area contributed by atoms with Crippen molar-refractivity contribution in [1.29, 1.82) is 0 Å². The molecule has 1 aromatic carbocycles. The molecule has 5 nitrogen and oxygen atoms in total. The van der Waals surface area contributed by atoms with Gasteiger partial charge in [0.05, 0.1) is 6.61 Å². The minimum Gasteiger partial charge on any atom is -0.396 e. The first-order valence-electron chi connectivity index (χ1n) is 8.33. The Morgan fingerprint density at radius 3 is 2.04 bits per heavy atom. The average molecular weight is 318 g/mol. The van der Waals surface area contributed by atoms with Crippen LogP contribution in [0.5, 0.6) is 0 Å². The zero-order chi connectivity index (χ0) is 16.9. The molecule has 23 heavy (non-hydrogen) atoms. The molecule has 3 N–H and O–H groups in total. The standard InChI is InChI=1S/C18H26N2O3/c1-3-18(4-2,12-21)11-19-16(22)13-5-7-14(8-6-13)17(23)20-15-9-10-15/h5-8,15,21H,3-4,9-12H2,1-2H3,(H,19,22)(H,20,23). The molecule has 1 aliphatic rings. The Labute approximate surface area is 137 Å². The van der Waals surface area contributed by atoms with E-state index in [9.17, 15) is 14.7 Å². The Kier molecular flexibility index (Phi) is 5.77. The van der Waals surface area contributed by atoms with Gasteiger partial charge < -0.3 is 15.7 Å². The lowest BCUT2D eigenvalue weighted by Gasteiger charge is -2.29. The molecule has 5 heteroatoms. The van der Waals surface area contributed by atoms with E-state index in [-0.39, 0.29) is 23.8 Å². The van der Waals surface area contributed by atoms with Crippen molar-refractivity contribution in [2.75, 3.05) is 13.2 Å². The van der Waals surface area contributed by atoms with Crippen LogP contribution in [-0.4, -0.2) is 36.1 Å². The van der Waals surface area contributed by atoms with Crippen LogP contribution in [0, 0.1) is 5.41 Å². The van der Waals surface area contributed by atoms with Crippen molar-refractivity contribution < 1.29 is 14.7 Å². The van der Waals surface area contributed by atoms with Gasteiger partial charge in [0.1, 0.15) is 0 Å². The maximum absolute atomic E-state index is 12.2. The summed E-state index contributed by atoms with van der Waals surface area (Å²) < 4.78 is 0. The van der Waals surface area contributed by atoms with Gasteiger partial charge in [-0.15, -0.1) is 0 Å². The predicted molar refractivity (Wildman–Crippen MR) is 89.4 cm³/mol. The van der Waals surface area contributed by atoms with Gasteiger partial charge in [-0.05, 0) is 49.9 Å². The largest absolute Gasteiger partial charge is 0.396 e. The average Bonchev–Trinajstić information content (AvgIpc) is 3.40. The molecule has 0 atom stereocenters. The smallest absolute Gasteiger partial charge is 0.251 e. The number of rotatable bonds is 8. The molecule has 0 heterocycles. The van der Waals surface area contributed by atoms with Crippen molar-refractivity contribution in [2.24, 2.45) is 5.41 Å². The third-order valence-electron chi connectivity index (χ3n) is 4.78. The Morgan fingerprint density at radius 2 is 1.61 bits per heavy atom. The quantitative estimate of drug-likeness (QED) is 0.687. The summed E-state index contributed by atoms with van der Waals surface area (Å²) in [4.78, 5) is 24.1. The van der Waals surface area contributed by atoms with Crippen LogP contribution in [-0.2, 0) is 0 Å². The summed E-state index contributed by atoms with van der Waals surface area (Å²) in [6, 6.07) is 6.99. The van der Waals surface area contributed by atoms with Crippen LogP contribution in [0.2, 0.25) is 0 Å². The van der Waals surface area contributed by atoms with E-state index in [1.54, 1.807) is 24.3 Å². The number of carbonyl (C=O) groups excluding carboxylic acids is 2. The van der Waals surface area contributed by atoms with Crippen molar-refractivity contribution in [3.05, 3.63) is 35.4 Å². The number of amides is 2. The van der Waals surface area contributed by atoms with E-state index in [0.717, 1.165) is 25.7 Å². The van der Waals surface area contributed by atoms with E-state index in [2.05, 4.69) is 10.6 Å². The second-order valence-electron chi connectivity index (χ2n) is 6.37. The summed E-state index contributed by atoms with van der Waals surface area (Å²) in [6.07, 6.45) is 3.71. The van der Waals surface area contributed by atoms with Gasteiger partial charge >= 0.3 is 0 Å². The minimum absolute atomic E-state index is 0.0561. The van der Waals surface area contributed by atoms with Gasteiger partial charge in [0.15, 0.2) is 0 Å². The monoisotopic (exact) mass is 318 g/mol. The second kappa shape index (κ2) is 7.59. The third kappa shape index (κ3) is 4.55. The van der Waals surface area contributed by atoms with Crippen LogP contribution in [0.4, 0.5) is 0 Å². The molecule has 1 fully saturated rings. The fourth-order valence-corrected chi connectivity index (χ4v) is 2.42. The number of hydrogen-bond acceptors (Lipinski definition) is 3. The van der Waals surface area contributed by atoms with Crippen LogP contribution in [0.15, 0.2) is 24.3 Å². The van der Waals surface area contributed by atoms with E-state index in [1.165, 1.54) is 0 Å². The SMILES string of the molecule is CCC(CC)(CO)CNC(=O)c1ccc(C(=O)NC2CC2)cc1. The lowest BCUT2D eigenvalue weighted by molar-refractivity contribution is 0.0849. The highest BCUT2D eigenvalue weighted by Crippen LogP contribution is 2.24. The fourth-order valence-electron chi connectivity index (χ4n) is 2.42. The first kappa shape index (κ1) is 17.5. The van der Waals surface area contributed by atoms with Crippen molar-refractivity contribution in [2.45, 2.75) is 45.6 Å². The van der Waals surface area contributed by atoms with Crippen LogP contribution in [0.1, 0.15) is 60.2 Å². The number of carbonyl (C=O) groups is 2. The molecular formula is C18H26N2O3. The molecule has 0 aromatic heterocycles. The molecule has 1 aromatic rings. The molecule has 0 spiro atoms. The normalized spacial score (nSPS) is 14.4. The summed E-state index contributed by atoms with van der Waals surface area (Å²) in [6.45, 7) is 4.53. The molecule has 2 rings (SSSR count). The molecule has 0 radical (unpaired) electrons. The van der Waals surface area contributed by atoms with Crippen LogP contribution in [0.25, 0.3) is 0 Å². The van der Waals surface area contributed by atoms with E-state index in [1.807, 2.05) is 13.8 Å². The lowest BCUT2D eigenvalue weighted by atomic mass is 9.83. The molecule has 0 aliphatic heterocycles. The summed E-state index contributed by atoms with van der Waals surface area (Å²) in [7, 11) is 0. The van der Waals surface area contributed by atoms with Crippen LogP contribution in [0.3, 0.4) is 0 Å². The number of aliphatic hydroxyl groups is 1. The van der Waals surface area contributed by atoms with Crippen molar-refractivity contribution in [3.8, 4) is 0 Å². The van der Waals surface area contributed by atoms with Gasteiger partial charge in [0.2, 0.25) is 0 Å². The molecule has 1 aliphatic carbocycles. The predicted octanol–water partition coefficient (Wildman–Crippen LogP) is 2.11. The summed E-state index contributed by atoms with van der Waals surface area (Å²) in [5.41, 5.74) is 0.826. The Morgan fingerprint density at radius 1 is 1.09 bits per heavy atom. The molecule has 0 unspecified atom stereocenters. The summed E-state index contributed by atoms with van der Waals surface area (Å²) >= 11 is 0. The van der Waals surface area contributed by atoms with E-state index in [0.29, 0.717) is 23.7 Å². The van der Waals surface area contributed by atoms with E-state index in [4.69, 9.17) is 0 Å². The summed E-state index contributed by atoms with van der Waals surface area (Å²) in [5, 5.41) is 15.3. The van der Waals surface area contributed by atoms with Crippen molar-refractivity contribution >= 4 is 11.8 Å². The highest BCUT2D eigenvalue weighted by molar-refractivity contribution is 5.98. The van der Waals surface area contributed by atoms with Crippen LogP contribution < -0.4 is 10.6 Å².